The minimum atomic E-state index is -0.197. The van der Waals surface area contributed by atoms with E-state index in [0.29, 0.717) is 0 Å². The summed E-state index contributed by atoms with van der Waals surface area (Å²) in [6.07, 6.45) is 0. The zero-order valence-electron chi connectivity index (χ0n) is 11.2. The molecule has 1 aliphatic rings. The Labute approximate surface area is 117 Å². The number of hydrogen-bond acceptors (Lipinski definition) is 3. The van der Waals surface area contributed by atoms with Gasteiger partial charge in [-0.3, -0.25) is 0 Å². The van der Waals surface area contributed by atoms with Gasteiger partial charge < -0.3 is 4.74 Å². The van der Waals surface area contributed by atoms with Crippen LogP contribution in [0.25, 0.3) is 11.0 Å². The van der Waals surface area contributed by atoms with Gasteiger partial charge in [0.2, 0.25) is 0 Å². The summed E-state index contributed by atoms with van der Waals surface area (Å²) in [5.74, 6) is 0. The Hall–Kier alpha value is -2.20. The van der Waals surface area contributed by atoms with Crippen molar-refractivity contribution in [3.63, 3.8) is 0 Å². The Bertz CT molecular complexity index is 747. The zero-order valence-corrected chi connectivity index (χ0v) is 11.2. The maximum Gasteiger partial charge on any atom is 0.115 e. The van der Waals surface area contributed by atoms with E-state index in [-0.39, 0.29) is 11.6 Å². The van der Waals surface area contributed by atoms with Crippen LogP contribution >= 0.6 is 0 Å². The molecule has 100 valence electrons. The van der Waals surface area contributed by atoms with Crippen molar-refractivity contribution >= 4 is 11.0 Å². The third kappa shape index (κ3) is 1.72. The first-order valence-electron chi connectivity index (χ1n) is 6.77. The first kappa shape index (κ1) is 11.6. The summed E-state index contributed by atoms with van der Waals surface area (Å²) in [6, 6.07) is 18.4. The smallest absolute Gasteiger partial charge is 0.115 e. The molecule has 3 aromatic rings. The molecule has 0 saturated carbocycles. The Balaban J connectivity index is 1.91. The quantitative estimate of drug-likeness (QED) is 0.684. The van der Waals surface area contributed by atoms with Crippen LogP contribution in [0.5, 0.6) is 0 Å². The van der Waals surface area contributed by atoms with Gasteiger partial charge in [0.05, 0.1) is 12.1 Å². The SMILES string of the molecule is C[C@]1([C@H](c2ccccc2)n2nnc3ccccc32)CO1. The van der Waals surface area contributed by atoms with Crippen molar-refractivity contribution in [1.29, 1.82) is 0 Å². The maximum absolute atomic E-state index is 5.70. The van der Waals surface area contributed by atoms with Gasteiger partial charge in [-0.05, 0) is 24.6 Å². The molecule has 1 saturated heterocycles. The number of aromatic nitrogens is 3. The molecule has 4 nitrogen and oxygen atoms in total. The van der Waals surface area contributed by atoms with Crippen LogP contribution in [0.2, 0.25) is 0 Å². The largest absolute Gasteiger partial charge is 0.367 e. The first-order chi connectivity index (χ1) is 9.78. The number of hydrogen-bond donors (Lipinski definition) is 0. The minimum Gasteiger partial charge on any atom is -0.367 e. The first-order valence-corrected chi connectivity index (χ1v) is 6.77. The normalized spacial score (nSPS) is 22.9. The summed E-state index contributed by atoms with van der Waals surface area (Å²) in [5.41, 5.74) is 2.96. The second-order valence-corrected chi connectivity index (χ2v) is 5.44. The highest BCUT2D eigenvalue weighted by atomic mass is 16.6. The van der Waals surface area contributed by atoms with Crippen molar-refractivity contribution in [2.45, 2.75) is 18.6 Å². The van der Waals surface area contributed by atoms with E-state index in [0.717, 1.165) is 17.6 Å². The summed E-state index contributed by atoms with van der Waals surface area (Å²) in [4.78, 5) is 0. The number of epoxide rings is 1. The standard InChI is InChI=1S/C16H15N3O/c1-16(11-20-16)15(12-7-3-2-4-8-12)19-14-10-6-5-9-13(14)17-18-19/h2-10,15H,11H2,1H3/t15-,16+/m0/s1. The summed E-state index contributed by atoms with van der Waals surface area (Å²) in [7, 11) is 0. The summed E-state index contributed by atoms with van der Waals surface area (Å²) < 4.78 is 7.68. The van der Waals surface area contributed by atoms with Gasteiger partial charge in [0.1, 0.15) is 17.2 Å². The molecule has 1 aliphatic heterocycles. The fraction of sp³-hybridized carbons (Fsp3) is 0.250. The van der Waals surface area contributed by atoms with Crippen LogP contribution < -0.4 is 0 Å². The Morgan fingerprint density at radius 3 is 2.55 bits per heavy atom. The lowest BCUT2D eigenvalue weighted by Gasteiger charge is -2.22. The number of para-hydroxylation sites is 1. The van der Waals surface area contributed by atoms with Gasteiger partial charge in [0.15, 0.2) is 0 Å². The fourth-order valence-corrected chi connectivity index (χ4v) is 2.74. The van der Waals surface area contributed by atoms with E-state index in [1.54, 1.807) is 0 Å². The van der Waals surface area contributed by atoms with Crippen molar-refractivity contribution in [1.82, 2.24) is 15.0 Å². The summed E-state index contributed by atoms with van der Waals surface area (Å²) in [6.45, 7) is 2.88. The van der Waals surface area contributed by atoms with Crippen LogP contribution in [0.1, 0.15) is 18.5 Å². The predicted octanol–water partition coefficient (Wildman–Crippen LogP) is 2.81. The summed E-state index contributed by atoms with van der Waals surface area (Å²) in [5, 5.41) is 8.63. The third-order valence-corrected chi connectivity index (χ3v) is 3.92. The lowest BCUT2D eigenvalue weighted by atomic mass is 9.95. The molecule has 0 aliphatic carbocycles. The minimum absolute atomic E-state index is 0.0519. The van der Waals surface area contributed by atoms with E-state index in [2.05, 4.69) is 35.4 Å². The Kier molecular flexibility index (Phi) is 2.41. The molecule has 20 heavy (non-hydrogen) atoms. The van der Waals surface area contributed by atoms with Crippen molar-refractivity contribution in [2.75, 3.05) is 6.61 Å². The van der Waals surface area contributed by atoms with Crippen LogP contribution in [0.4, 0.5) is 0 Å². The van der Waals surface area contributed by atoms with Gasteiger partial charge >= 0.3 is 0 Å². The molecule has 4 rings (SSSR count). The van der Waals surface area contributed by atoms with Gasteiger partial charge in [-0.25, -0.2) is 4.68 Å². The molecule has 0 N–H and O–H groups in total. The van der Waals surface area contributed by atoms with Gasteiger partial charge in [-0.15, -0.1) is 5.10 Å². The molecule has 0 unspecified atom stereocenters. The number of ether oxygens (including phenoxy) is 1. The molecule has 1 fully saturated rings. The van der Waals surface area contributed by atoms with Crippen LogP contribution in [0, 0.1) is 0 Å². The van der Waals surface area contributed by atoms with Crippen LogP contribution in [0.3, 0.4) is 0 Å². The van der Waals surface area contributed by atoms with Crippen LogP contribution in [-0.2, 0) is 4.74 Å². The number of benzene rings is 2. The molecule has 4 heteroatoms. The van der Waals surface area contributed by atoms with Crippen molar-refractivity contribution in [2.24, 2.45) is 0 Å². The van der Waals surface area contributed by atoms with Gasteiger partial charge in [-0.2, -0.15) is 0 Å². The molecular weight excluding hydrogens is 250 g/mol. The van der Waals surface area contributed by atoms with E-state index in [9.17, 15) is 0 Å². The molecule has 0 amide bonds. The van der Waals surface area contributed by atoms with Crippen molar-refractivity contribution < 1.29 is 4.74 Å². The molecule has 0 radical (unpaired) electrons. The Morgan fingerprint density at radius 2 is 1.80 bits per heavy atom. The lowest BCUT2D eigenvalue weighted by molar-refractivity contribution is 0.252. The molecule has 0 spiro atoms. The van der Waals surface area contributed by atoms with Crippen molar-refractivity contribution in [3.05, 3.63) is 60.2 Å². The zero-order chi connectivity index (χ0) is 13.6. The second-order valence-electron chi connectivity index (χ2n) is 5.44. The van der Waals surface area contributed by atoms with Crippen molar-refractivity contribution in [3.8, 4) is 0 Å². The average Bonchev–Trinajstić information content (AvgIpc) is 3.09. The van der Waals surface area contributed by atoms with E-state index in [4.69, 9.17) is 4.74 Å². The van der Waals surface area contributed by atoms with E-state index >= 15 is 0 Å². The highest BCUT2D eigenvalue weighted by molar-refractivity contribution is 5.74. The number of rotatable bonds is 3. The number of nitrogens with zero attached hydrogens (tertiary/aromatic N) is 3. The summed E-state index contributed by atoms with van der Waals surface area (Å²) >= 11 is 0. The van der Waals surface area contributed by atoms with Gasteiger partial charge in [0.25, 0.3) is 0 Å². The topological polar surface area (TPSA) is 43.2 Å². The lowest BCUT2D eigenvalue weighted by Crippen LogP contribution is -2.26. The molecule has 0 bridgehead atoms. The van der Waals surface area contributed by atoms with E-state index < -0.39 is 0 Å². The van der Waals surface area contributed by atoms with E-state index in [1.165, 1.54) is 5.56 Å². The predicted molar refractivity (Wildman–Crippen MR) is 76.5 cm³/mol. The highest BCUT2D eigenvalue weighted by Crippen LogP contribution is 2.42. The molecular formula is C16H15N3O. The third-order valence-electron chi connectivity index (χ3n) is 3.92. The molecule has 2 aromatic carbocycles. The van der Waals surface area contributed by atoms with Crippen LogP contribution in [0.15, 0.2) is 54.6 Å². The maximum atomic E-state index is 5.70. The fourth-order valence-electron chi connectivity index (χ4n) is 2.74. The molecule has 1 aromatic heterocycles. The highest BCUT2D eigenvalue weighted by Gasteiger charge is 2.49. The molecule has 2 heterocycles. The molecule has 2 atom stereocenters. The average molecular weight is 265 g/mol. The van der Waals surface area contributed by atoms with E-state index in [1.807, 2.05) is 41.1 Å². The van der Waals surface area contributed by atoms with Gasteiger partial charge in [0, 0.05) is 0 Å². The van der Waals surface area contributed by atoms with Gasteiger partial charge in [-0.1, -0.05) is 47.7 Å². The number of fused-ring (bicyclic) bond motifs is 1. The Morgan fingerprint density at radius 1 is 1.10 bits per heavy atom. The van der Waals surface area contributed by atoms with Crippen LogP contribution in [-0.4, -0.2) is 27.2 Å². The monoisotopic (exact) mass is 265 g/mol. The second kappa shape index (κ2) is 4.15.